The summed E-state index contributed by atoms with van der Waals surface area (Å²) in [5.74, 6) is -0.626. The number of carbonyl (C=O) groups excluding carboxylic acids is 1. The first-order valence-electron chi connectivity index (χ1n) is 9.41. The number of rotatable bonds is 7. The van der Waals surface area contributed by atoms with Gasteiger partial charge >= 0.3 is 0 Å². The molecule has 0 atom stereocenters. The highest BCUT2D eigenvalue weighted by atomic mass is 19.1. The fourth-order valence-corrected chi connectivity index (χ4v) is 2.77. The molecule has 0 spiro atoms. The van der Waals surface area contributed by atoms with Crippen LogP contribution in [-0.2, 0) is 0 Å². The van der Waals surface area contributed by atoms with E-state index in [4.69, 9.17) is 4.74 Å². The topological polar surface area (TPSA) is 76.4 Å². The molecule has 0 aromatic heterocycles. The maximum atomic E-state index is 14.2. The number of benzene rings is 3. The summed E-state index contributed by atoms with van der Waals surface area (Å²) < 4.78 is 34.1. The van der Waals surface area contributed by atoms with E-state index in [1.165, 1.54) is 19.2 Å². The van der Waals surface area contributed by atoms with Crippen molar-refractivity contribution in [3.05, 3.63) is 77.4 Å². The number of halogens is 2. The summed E-state index contributed by atoms with van der Waals surface area (Å²) in [4.78, 5) is 11.7. The Morgan fingerprint density at radius 1 is 1.03 bits per heavy atom. The molecular formula is C23H25F2N3O2. The first-order chi connectivity index (χ1) is 14.5. The zero-order valence-electron chi connectivity index (χ0n) is 17.1. The molecule has 158 valence electrons. The Labute approximate surface area is 174 Å². The molecule has 4 N–H and O–H groups in total. The zero-order valence-corrected chi connectivity index (χ0v) is 17.1. The van der Waals surface area contributed by atoms with Crippen molar-refractivity contribution < 1.29 is 18.3 Å². The van der Waals surface area contributed by atoms with Crippen LogP contribution >= 0.6 is 0 Å². The van der Waals surface area contributed by atoms with Gasteiger partial charge in [-0.1, -0.05) is 12.1 Å². The monoisotopic (exact) mass is 413 g/mol. The molecule has 3 aromatic rings. The molecule has 0 amide bonds. The second-order valence-corrected chi connectivity index (χ2v) is 6.25. The zero-order chi connectivity index (χ0) is 22.1. The number of aryl methyl sites for hydroxylation is 1. The van der Waals surface area contributed by atoms with Crippen molar-refractivity contribution in [2.24, 2.45) is 5.73 Å². The first-order valence-corrected chi connectivity index (χ1v) is 9.41. The minimum Gasteiger partial charge on any atom is -0.456 e. The van der Waals surface area contributed by atoms with Gasteiger partial charge in [0.2, 0.25) is 0 Å². The van der Waals surface area contributed by atoms with E-state index in [1.807, 2.05) is 13.0 Å². The minimum atomic E-state index is -0.613. The van der Waals surface area contributed by atoms with Crippen LogP contribution in [0, 0.1) is 18.6 Å². The Kier molecular flexibility index (Phi) is 8.31. The summed E-state index contributed by atoms with van der Waals surface area (Å²) in [6, 6.07) is 14.0. The van der Waals surface area contributed by atoms with Crippen LogP contribution in [0.5, 0.6) is 11.5 Å². The smallest absolute Gasteiger partial charge is 0.155 e. The normalized spacial score (nSPS) is 9.93. The van der Waals surface area contributed by atoms with Crippen molar-refractivity contribution in [2.75, 3.05) is 24.2 Å². The van der Waals surface area contributed by atoms with Crippen molar-refractivity contribution in [3.63, 3.8) is 0 Å². The summed E-state index contributed by atoms with van der Waals surface area (Å²) in [7, 11) is 1.50. The molecule has 5 nitrogen and oxygen atoms in total. The van der Waals surface area contributed by atoms with E-state index in [0.29, 0.717) is 12.0 Å². The number of hydrogen-bond acceptors (Lipinski definition) is 5. The van der Waals surface area contributed by atoms with Gasteiger partial charge in [-0.25, -0.2) is 8.78 Å². The summed E-state index contributed by atoms with van der Waals surface area (Å²) in [6.45, 7) is 4.46. The molecule has 7 heteroatoms. The fraction of sp³-hybridized carbons (Fsp3) is 0.174. The van der Waals surface area contributed by atoms with E-state index in [1.54, 1.807) is 31.2 Å². The van der Waals surface area contributed by atoms with Crippen LogP contribution in [0.15, 0.2) is 54.6 Å². The summed E-state index contributed by atoms with van der Waals surface area (Å²) >= 11 is 0. The third-order valence-corrected chi connectivity index (χ3v) is 4.06. The van der Waals surface area contributed by atoms with Gasteiger partial charge < -0.3 is 21.1 Å². The van der Waals surface area contributed by atoms with Crippen LogP contribution < -0.4 is 21.1 Å². The number of carbonyl (C=O) groups is 1. The minimum absolute atomic E-state index is 0.0404. The van der Waals surface area contributed by atoms with Crippen LogP contribution in [0.3, 0.4) is 0 Å². The van der Waals surface area contributed by atoms with Gasteiger partial charge in [0.05, 0.1) is 16.9 Å². The van der Waals surface area contributed by atoms with Gasteiger partial charge in [-0.05, 0) is 56.8 Å². The van der Waals surface area contributed by atoms with E-state index >= 15 is 0 Å². The lowest BCUT2D eigenvalue weighted by atomic mass is 10.1. The van der Waals surface area contributed by atoms with E-state index in [2.05, 4.69) is 16.4 Å². The highest BCUT2D eigenvalue weighted by Gasteiger charge is 2.15. The predicted octanol–water partition coefficient (Wildman–Crippen LogP) is 5.63. The molecule has 0 unspecified atom stereocenters. The number of hydrogen-bond donors (Lipinski definition) is 3. The number of aldehydes is 1. The molecule has 0 aliphatic rings. The van der Waals surface area contributed by atoms with Gasteiger partial charge in [-0.2, -0.15) is 0 Å². The van der Waals surface area contributed by atoms with Crippen molar-refractivity contribution in [1.29, 1.82) is 0 Å². The van der Waals surface area contributed by atoms with E-state index in [9.17, 15) is 13.6 Å². The third-order valence-electron chi connectivity index (χ3n) is 4.06. The average Bonchev–Trinajstić information content (AvgIpc) is 2.72. The summed E-state index contributed by atoms with van der Waals surface area (Å²) in [6.07, 6.45) is 0.553. The molecule has 0 heterocycles. The molecule has 0 bridgehead atoms. The molecule has 0 fully saturated rings. The molecule has 0 radical (unpaired) electrons. The summed E-state index contributed by atoms with van der Waals surface area (Å²) in [5.41, 5.74) is 6.44. The van der Waals surface area contributed by atoms with Gasteiger partial charge in [0, 0.05) is 24.4 Å². The number of ether oxygens (including phenoxy) is 1. The maximum Gasteiger partial charge on any atom is 0.155 e. The largest absolute Gasteiger partial charge is 0.456 e. The van der Waals surface area contributed by atoms with Gasteiger partial charge in [-0.15, -0.1) is 0 Å². The van der Waals surface area contributed by atoms with Crippen molar-refractivity contribution in [3.8, 4) is 11.5 Å². The van der Waals surface area contributed by atoms with Gasteiger partial charge in [0.15, 0.2) is 6.29 Å². The van der Waals surface area contributed by atoms with E-state index in [-0.39, 0.29) is 22.7 Å². The van der Waals surface area contributed by atoms with Crippen LogP contribution in [-0.4, -0.2) is 19.9 Å². The number of nitrogens with two attached hydrogens (primary N) is 1. The fourth-order valence-electron chi connectivity index (χ4n) is 2.77. The Bertz CT molecular complexity index is 1010. The number of nitrogens with one attached hydrogen (secondary N) is 2. The highest BCUT2D eigenvalue weighted by Crippen LogP contribution is 2.33. The molecule has 0 saturated carbocycles. The van der Waals surface area contributed by atoms with Crippen LogP contribution in [0.25, 0.3) is 0 Å². The molecule has 30 heavy (non-hydrogen) atoms. The quantitative estimate of drug-likeness (QED) is 0.438. The van der Waals surface area contributed by atoms with Crippen LogP contribution in [0.4, 0.5) is 25.8 Å². The molecular weight excluding hydrogens is 388 g/mol. The second kappa shape index (κ2) is 10.9. The Hall–Kier alpha value is -3.45. The molecule has 3 aromatic carbocycles. The number of anilines is 3. The highest BCUT2D eigenvalue weighted by molar-refractivity contribution is 5.90. The Morgan fingerprint density at radius 3 is 2.47 bits per heavy atom. The average molecular weight is 413 g/mol. The molecule has 0 aliphatic heterocycles. The second-order valence-electron chi connectivity index (χ2n) is 6.25. The van der Waals surface area contributed by atoms with Crippen LogP contribution in [0.2, 0.25) is 0 Å². The van der Waals surface area contributed by atoms with Gasteiger partial charge in [0.25, 0.3) is 0 Å². The lowest BCUT2D eigenvalue weighted by Crippen LogP contribution is -2.02. The lowest BCUT2D eigenvalue weighted by Gasteiger charge is -2.15. The predicted molar refractivity (Wildman–Crippen MR) is 117 cm³/mol. The third kappa shape index (κ3) is 5.78. The first kappa shape index (κ1) is 22.8. The molecule has 3 rings (SSSR count). The van der Waals surface area contributed by atoms with Crippen molar-refractivity contribution in [2.45, 2.75) is 13.8 Å². The Morgan fingerprint density at radius 2 is 1.80 bits per heavy atom. The summed E-state index contributed by atoms with van der Waals surface area (Å²) in [5, 5.41) is 5.93. The molecule has 0 aliphatic carbocycles. The van der Waals surface area contributed by atoms with E-state index < -0.39 is 11.6 Å². The van der Waals surface area contributed by atoms with E-state index in [0.717, 1.165) is 29.9 Å². The SMILES string of the molecule is CCNc1cccc(Oc2cc(F)cc(Nc3ccc(C)cc3F)c2C=O)c1.CN. The standard InChI is InChI=1S/C22H20F2N2O2.CH5N/c1-3-25-16-5-4-6-17(12-16)28-22-11-15(23)10-21(18(22)13-27)26-20-8-7-14(2)9-19(20)24;1-2/h4-13,25-26H,3H2,1-2H3;2H2,1H3. The van der Waals surface area contributed by atoms with Gasteiger partial charge in [-0.3, -0.25) is 4.79 Å². The van der Waals surface area contributed by atoms with Crippen LogP contribution in [0.1, 0.15) is 22.8 Å². The lowest BCUT2D eigenvalue weighted by molar-refractivity contribution is 0.112. The Balaban J connectivity index is 0.00000155. The van der Waals surface area contributed by atoms with Gasteiger partial charge in [0.1, 0.15) is 23.1 Å². The van der Waals surface area contributed by atoms with Crippen molar-refractivity contribution >= 4 is 23.3 Å². The maximum absolute atomic E-state index is 14.2. The van der Waals surface area contributed by atoms with Crippen molar-refractivity contribution in [1.82, 2.24) is 0 Å². The molecule has 0 saturated heterocycles.